The monoisotopic (exact) mass is 230 g/mol. The lowest BCUT2D eigenvalue weighted by Crippen LogP contribution is -2.55. The first-order chi connectivity index (χ1) is 6.82. The van der Waals surface area contributed by atoms with Gasteiger partial charge in [-0.3, -0.25) is 5.32 Å². The first-order valence-corrected chi connectivity index (χ1v) is 7.15. The molecular weight excluding hydrogens is 212 g/mol. The van der Waals surface area contributed by atoms with Crippen molar-refractivity contribution >= 4 is 9.84 Å². The molecule has 0 radical (unpaired) electrons. The Hall–Kier alpha value is -0.600. The fourth-order valence-corrected chi connectivity index (χ4v) is 3.96. The number of hydrogen-bond donors (Lipinski definition) is 1. The molecule has 2 unspecified atom stereocenters. The van der Waals surface area contributed by atoms with Crippen LogP contribution in [0.1, 0.15) is 33.1 Å². The third-order valence-corrected chi connectivity index (χ3v) is 4.52. The van der Waals surface area contributed by atoms with Crippen LogP contribution in [0.5, 0.6) is 0 Å². The molecule has 0 aromatic rings. The average Bonchev–Trinajstić information content (AvgIpc) is 2.47. The smallest absolute Gasteiger partial charge is 0.153 e. The van der Waals surface area contributed by atoms with Crippen LogP contribution in [0.3, 0.4) is 0 Å². The van der Waals surface area contributed by atoms with Crippen molar-refractivity contribution in [3.05, 3.63) is 0 Å². The van der Waals surface area contributed by atoms with E-state index in [2.05, 4.69) is 11.4 Å². The molecule has 1 aliphatic carbocycles. The fraction of sp³-hybridized carbons (Fsp3) is 0.900. The van der Waals surface area contributed by atoms with Crippen molar-refractivity contribution in [1.82, 2.24) is 5.32 Å². The van der Waals surface area contributed by atoms with Crippen LogP contribution in [0.4, 0.5) is 0 Å². The van der Waals surface area contributed by atoms with Crippen LogP contribution in [0.2, 0.25) is 0 Å². The SMILES string of the molecule is CC(C)NC1(C#N)CCCC1S(C)(=O)=O. The summed E-state index contributed by atoms with van der Waals surface area (Å²) in [5, 5.41) is 11.8. The van der Waals surface area contributed by atoms with E-state index in [0.717, 1.165) is 6.42 Å². The summed E-state index contributed by atoms with van der Waals surface area (Å²) in [6, 6.07) is 2.29. The molecule has 2 atom stereocenters. The Labute approximate surface area is 91.6 Å². The highest BCUT2D eigenvalue weighted by molar-refractivity contribution is 7.91. The van der Waals surface area contributed by atoms with Gasteiger partial charge in [-0.25, -0.2) is 8.42 Å². The normalized spacial score (nSPS) is 31.8. The van der Waals surface area contributed by atoms with Gasteiger partial charge < -0.3 is 0 Å². The molecule has 1 aliphatic rings. The highest BCUT2D eigenvalue weighted by Crippen LogP contribution is 2.34. The van der Waals surface area contributed by atoms with Crippen molar-refractivity contribution in [3.8, 4) is 6.07 Å². The number of sulfone groups is 1. The molecule has 5 heteroatoms. The molecule has 0 saturated heterocycles. The van der Waals surface area contributed by atoms with Gasteiger partial charge in [0.05, 0.1) is 11.3 Å². The van der Waals surface area contributed by atoms with Crippen molar-refractivity contribution in [2.45, 2.75) is 49.9 Å². The van der Waals surface area contributed by atoms with E-state index in [1.165, 1.54) is 6.26 Å². The lowest BCUT2D eigenvalue weighted by atomic mass is 9.98. The minimum absolute atomic E-state index is 0.118. The van der Waals surface area contributed by atoms with Gasteiger partial charge in [-0.05, 0) is 33.1 Å². The number of nitrogens with one attached hydrogen (secondary N) is 1. The zero-order valence-electron chi connectivity index (χ0n) is 9.45. The molecule has 1 N–H and O–H groups in total. The molecule has 15 heavy (non-hydrogen) atoms. The first kappa shape index (κ1) is 12.5. The van der Waals surface area contributed by atoms with E-state index in [1.807, 2.05) is 13.8 Å². The minimum Gasteiger partial charge on any atom is -0.296 e. The summed E-state index contributed by atoms with van der Waals surface area (Å²) < 4.78 is 23.2. The Kier molecular flexibility index (Phi) is 3.41. The third-order valence-electron chi connectivity index (χ3n) is 2.85. The van der Waals surface area contributed by atoms with Crippen LogP contribution in [0.25, 0.3) is 0 Å². The number of nitrogens with zero attached hydrogens (tertiary/aromatic N) is 1. The predicted octanol–water partition coefficient (Wildman–Crippen LogP) is 0.844. The lowest BCUT2D eigenvalue weighted by molar-refractivity contribution is 0.383. The van der Waals surface area contributed by atoms with E-state index >= 15 is 0 Å². The zero-order chi connectivity index (χ0) is 11.7. The van der Waals surface area contributed by atoms with Gasteiger partial charge in [0.15, 0.2) is 9.84 Å². The molecule has 0 heterocycles. The van der Waals surface area contributed by atoms with Crippen molar-refractivity contribution in [1.29, 1.82) is 5.26 Å². The molecule has 0 aromatic heterocycles. The van der Waals surface area contributed by atoms with E-state index in [4.69, 9.17) is 0 Å². The quantitative estimate of drug-likeness (QED) is 0.780. The lowest BCUT2D eigenvalue weighted by Gasteiger charge is -2.30. The highest BCUT2D eigenvalue weighted by Gasteiger charge is 2.48. The number of hydrogen-bond acceptors (Lipinski definition) is 4. The van der Waals surface area contributed by atoms with E-state index < -0.39 is 20.6 Å². The zero-order valence-corrected chi connectivity index (χ0v) is 10.3. The van der Waals surface area contributed by atoms with Crippen molar-refractivity contribution in [2.75, 3.05) is 6.26 Å². The van der Waals surface area contributed by atoms with Crippen LogP contribution >= 0.6 is 0 Å². The Morgan fingerprint density at radius 3 is 2.53 bits per heavy atom. The Bertz CT molecular complexity index is 369. The molecular formula is C10H18N2O2S. The van der Waals surface area contributed by atoms with Crippen LogP contribution < -0.4 is 5.32 Å². The molecule has 0 aromatic carbocycles. The summed E-state index contributed by atoms with van der Waals surface area (Å²) in [5.74, 6) is 0. The van der Waals surface area contributed by atoms with Crippen molar-refractivity contribution < 1.29 is 8.42 Å². The van der Waals surface area contributed by atoms with E-state index in [1.54, 1.807) is 0 Å². The van der Waals surface area contributed by atoms with Gasteiger partial charge >= 0.3 is 0 Å². The molecule has 0 aliphatic heterocycles. The summed E-state index contributed by atoms with van der Waals surface area (Å²) >= 11 is 0. The minimum atomic E-state index is -3.15. The highest BCUT2D eigenvalue weighted by atomic mass is 32.2. The fourth-order valence-electron chi connectivity index (χ4n) is 2.39. The second-order valence-corrected chi connectivity index (χ2v) is 6.82. The van der Waals surface area contributed by atoms with Crippen LogP contribution in [-0.2, 0) is 9.84 Å². The predicted molar refractivity (Wildman–Crippen MR) is 59.1 cm³/mol. The van der Waals surface area contributed by atoms with Crippen molar-refractivity contribution in [2.24, 2.45) is 0 Å². The van der Waals surface area contributed by atoms with E-state index in [0.29, 0.717) is 12.8 Å². The summed E-state index contributed by atoms with van der Waals surface area (Å²) in [7, 11) is -3.15. The molecule has 0 bridgehead atoms. The third kappa shape index (κ3) is 2.50. The van der Waals surface area contributed by atoms with Gasteiger partial charge in [0.25, 0.3) is 0 Å². The number of nitriles is 1. The van der Waals surface area contributed by atoms with Gasteiger partial charge in [0, 0.05) is 12.3 Å². The standard InChI is InChI=1S/C10H18N2O2S/c1-8(2)12-10(7-11)6-4-5-9(10)15(3,13)14/h8-9,12H,4-6H2,1-3H3. The summed E-state index contributed by atoms with van der Waals surface area (Å²) in [4.78, 5) is 0. The topological polar surface area (TPSA) is 70.0 Å². The van der Waals surface area contributed by atoms with E-state index in [9.17, 15) is 13.7 Å². The summed E-state index contributed by atoms with van der Waals surface area (Å²) in [6.07, 6.45) is 3.23. The van der Waals surface area contributed by atoms with Gasteiger partial charge in [-0.2, -0.15) is 5.26 Å². The molecule has 0 spiro atoms. The molecule has 1 fully saturated rings. The largest absolute Gasteiger partial charge is 0.296 e. The van der Waals surface area contributed by atoms with Gasteiger partial charge in [-0.1, -0.05) is 0 Å². The summed E-state index contributed by atoms with van der Waals surface area (Å²) in [6.45, 7) is 3.85. The van der Waals surface area contributed by atoms with E-state index in [-0.39, 0.29) is 6.04 Å². The molecule has 4 nitrogen and oxygen atoms in total. The Balaban J connectivity index is 3.04. The maximum Gasteiger partial charge on any atom is 0.153 e. The van der Waals surface area contributed by atoms with Gasteiger partial charge in [0.1, 0.15) is 5.54 Å². The summed E-state index contributed by atoms with van der Waals surface area (Å²) in [5.41, 5.74) is -0.873. The number of rotatable bonds is 3. The first-order valence-electron chi connectivity index (χ1n) is 5.19. The maximum absolute atomic E-state index is 11.6. The van der Waals surface area contributed by atoms with Gasteiger partial charge in [0.2, 0.25) is 0 Å². The molecule has 1 saturated carbocycles. The van der Waals surface area contributed by atoms with Crippen molar-refractivity contribution in [3.63, 3.8) is 0 Å². The van der Waals surface area contributed by atoms with Crippen LogP contribution in [-0.4, -0.2) is 31.5 Å². The van der Waals surface area contributed by atoms with Gasteiger partial charge in [-0.15, -0.1) is 0 Å². The average molecular weight is 230 g/mol. The Morgan fingerprint density at radius 1 is 1.53 bits per heavy atom. The molecule has 86 valence electrons. The van der Waals surface area contributed by atoms with Crippen LogP contribution in [0, 0.1) is 11.3 Å². The Morgan fingerprint density at radius 2 is 2.13 bits per heavy atom. The molecule has 0 amide bonds. The van der Waals surface area contributed by atoms with Crippen LogP contribution in [0.15, 0.2) is 0 Å². The second kappa shape index (κ2) is 4.11. The second-order valence-electron chi connectivity index (χ2n) is 4.59. The maximum atomic E-state index is 11.6. The molecule has 1 rings (SSSR count).